The van der Waals surface area contributed by atoms with Gasteiger partial charge in [-0.2, -0.15) is 0 Å². The summed E-state index contributed by atoms with van der Waals surface area (Å²) in [5.74, 6) is 0. The molecule has 0 bridgehead atoms. The summed E-state index contributed by atoms with van der Waals surface area (Å²) in [5.41, 5.74) is 17.1. The maximum atomic E-state index is 4.17. The highest BCUT2D eigenvalue weighted by atomic mass is 15.0. The fraction of sp³-hybridized carbons (Fsp3) is 0.0800. The van der Waals surface area contributed by atoms with E-state index in [1.165, 1.54) is 88.3 Å². The number of aryl methyl sites for hydroxylation is 1. The fourth-order valence-corrected chi connectivity index (χ4v) is 7.77. The highest BCUT2D eigenvalue weighted by Crippen LogP contribution is 2.51. The standard InChI is InChI=1S/C48H35N.C2H6/c1-4-6-13-32(5-2)35-26-36(33-14-8-7-9-15-33)28-37(27-35)34-22-25-45-44(29-34)48-42-19-12-18-41-39-16-10-11-17-40(39)43(47(41)42)30-46(48)49(45)38-23-20-31(3)21-24-38;1-2/h4-30H,2H2,1,3H3;1-2H3/b6-4-,32-13+;. The topological polar surface area (TPSA) is 4.93 Å². The van der Waals surface area contributed by atoms with Crippen molar-refractivity contribution < 1.29 is 0 Å². The smallest absolute Gasteiger partial charge is 0.0553 e. The molecule has 1 heterocycles. The van der Waals surface area contributed by atoms with E-state index in [2.05, 4.69) is 176 Å². The molecule has 1 heteroatoms. The van der Waals surface area contributed by atoms with Crippen LogP contribution in [0.4, 0.5) is 0 Å². The van der Waals surface area contributed by atoms with Crippen molar-refractivity contribution in [1.29, 1.82) is 0 Å². The second-order valence-electron chi connectivity index (χ2n) is 13.0. The summed E-state index contributed by atoms with van der Waals surface area (Å²) in [7, 11) is 0. The Kier molecular flexibility index (Phi) is 8.34. The van der Waals surface area contributed by atoms with Gasteiger partial charge >= 0.3 is 0 Å². The van der Waals surface area contributed by atoms with Crippen molar-refractivity contribution in [3.05, 3.63) is 182 Å². The predicted molar refractivity (Wildman–Crippen MR) is 223 cm³/mol. The van der Waals surface area contributed by atoms with Crippen LogP contribution in [-0.4, -0.2) is 4.57 Å². The van der Waals surface area contributed by atoms with Gasteiger partial charge in [0.05, 0.1) is 11.0 Å². The summed E-state index contributed by atoms with van der Waals surface area (Å²) in [4.78, 5) is 0. The molecule has 0 radical (unpaired) electrons. The lowest BCUT2D eigenvalue weighted by atomic mass is 9.92. The molecule has 0 saturated carbocycles. The van der Waals surface area contributed by atoms with Crippen LogP contribution in [0.3, 0.4) is 0 Å². The van der Waals surface area contributed by atoms with Crippen LogP contribution >= 0.6 is 0 Å². The lowest BCUT2D eigenvalue weighted by molar-refractivity contribution is 1.18. The van der Waals surface area contributed by atoms with Gasteiger partial charge < -0.3 is 4.57 Å². The van der Waals surface area contributed by atoms with Crippen LogP contribution in [0.1, 0.15) is 31.9 Å². The fourth-order valence-electron chi connectivity index (χ4n) is 7.77. The van der Waals surface area contributed by atoms with Crippen LogP contribution in [0.2, 0.25) is 0 Å². The van der Waals surface area contributed by atoms with Crippen LogP contribution in [-0.2, 0) is 0 Å². The van der Waals surface area contributed by atoms with Crippen molar-refractivity contribution in [1.82, 2.24) is 4.57 Å². The van der Waals surface area contributed by atoms with Crippen molar-refractivity contribution in [2.24, 2.45) is 0 Å². The van der Waals surface area contributed by atoms with E-state index in [0.717, 1.165) is 11.1 Å². The van der Waals surface area contributed by atoms with Crippen molar-refractivity contribution >= 4 is 38.2 Å². The Morgan fingerprint density at radius 3 is 1.96 bits per heavy atom. The number of nitrogens with zero attached hydrogens (tertiary/aromatic N) is 1. The van der Waals surface area contributed by atoms with Crippen LogP contribution in [0.5, 0.6) is 0 Å². The number of aromatic nitrogens is 1. The molecule has 1 aromatic heterocycles. The Morgan fingerprint density at radius 1 is 0.549 bits per heavy atom. The zero-order chi connectivity index (χ0) is 35.1. The van der Waals surface area contributed by atoms with E-state index < -0.39 is 0 Å². The first kappa shape index (κ1) is 32.0. The average molecular weight is 656 g/mol. The zero-order valence-corrected chi connectivity index (χ0v) is 29.7. The zero-order valence-electron chi connectivity index (χ0n) is 29.7. The molecule has 0 unspecified atom stereocenters. The summed E-state index contributed by atoms with van der Waals surface area (Å²) in [6.07, 6.45) is 8.23. The molecule has 0 atom stereocenters. The Bertz CT molecular complexity index is 2660. The van der Waals surface area contributed by atoms with E-state index in [9.17, 15) is 0 Å². The van der Waals surface area contributed by atoms with E-state index >= 15 is 0 Å². The number of benzene rings is 7. The lowest BCUT2D eigenvalue weighted by Crippen LogP contribution is -1.94. The number of fused-ring (bicyclic) bond motifs is 7. The maximum absolute atomic E-state index is 4.17. The molecular weight excluding hydrogens is 615 g/mol. The highest BCUT2D eigenvalue weighted by Gasteiger charge is 2.25. The minimum Gasteiger partial charge on any atom is -0.309 e. The maximum Gasteiger partial charge on any atom is 0.0553 e. The van der Waals surface area contributed by atoms with Crippen LogP contribution in [0, 0.1) is 6.92 Å². The Hall–Kier alpha value is -6.18. The molecule has 7 aromatic carbocycles. The van der Waals surface area contributed by atoms with Crippen LogP contribution in [0.25, 0.3) is 88.3 Å². The number of hydrogen-bond acceptors (Lipinski definition) is 0. The summed E-state index contributed by atoms with van der Waals surface area (Å²) in [5, 5.41) is 5.21. The Morgan fingerprint density at radius 2 is 1.24 bits per heavy atom. The van der Waals surface area contributed by atoms with Gasteiger partial charge in [0.2, 0.25) is 0 Å². The third-order valence-electron chi connectivity index (χ3n) is 10.1. The minimum absolute atomic E-state index is 1.10. The number of rotatable bonds is 6. The molecule has 0 spiro atoms. The molecule has 1 aliphatic carbocycles. The van der Waals surface area contributed by atoms with E-state index in [-0.39, 0.29) is 0 Å². The van der Waals surface area contributed by atoms with Gasteiger partial charge in [0.15, 0.2) is 0 Å². The van der Waals surface area contributed by atoms with Gasteiger partial charge in [-0.25, -0.2) is 0 Å². The molecule has 1 nitrogen and oxygen atoms in total. The molecule has 246 valence electrons. The first-order chi connectivity index (χ1) is 25.1. The largest absolute Gasteiger partial charge is 0.309 e. The van der Waals surface area contributed by atoms with E-state index in [4.69, 9.17) is 0 Å². The van der Waals surface area contributed by atoms with E-state index in [1.807, 2.05) is 26.8 Å². The summed E-state index contributed by atoms with van der Waals surface area (Å²) >= 11 is 0. The van der Waals surface area contributed by atoms with Crippen LogP contribution in [0.15, 0.2) is 170 Å². The first-order valence-electron chi connectivity index (χ1n) is 18.0. The normalized spacial score (nSPS) is 12.0. The van der Waals surface area contributed by atoms with Gasteiger partial charge in [0.1, 0.15) is 0 Å². The van der Waals surface area contributed by atoms with Gasteiger partial charge in [-0.15, -0.1) is 0 Å². The number of allylic oxidation sites excluding steroid dienone is 5. The summed E-state index contributed by atoms with van der Waals surface area (Å²) in [6.45, 7) is 12.4. The van der Waals surface area contributed by atoms with Gasteiger partial charge in [0.25, 0.3) is 0 Å². The van der Waals surface area contributed by atoms with Crippen LogP contribution < -0.4 is 0 Å². The molecule has 0 aliphatic heterocycles. The second kappa shape index (κ2) is 13.3. The molecule has 51 heavy (non-hydrogen) atoms. The summed E-state index contributed by atoms with van der Waals surface area (Å²) in [6, 6.07) is 51.6. The predicted octanol–water partition coefficient (Wildman–Crippen LogP) is 14.4. The van der Waals surface area contributed by atoms with Crippen molar-refractivity contribution in [2.45, 2.75) is 27.7 Å². The van der Waals surface area contributed by atoms with Crippen molar-refractivity contribution in [2.75, 3.05) is 0 Å². The first-order valence-corrected chi connectivity index (χ1v) is 18.0. The van der Waals surface area contributed by atoms with E-state index in [1.54, 1.807) is 0 Å². The van der Waals surface area contributed by atoms with Gasteiger partial charge in [-0.1, -0.05) is 141 Å². The second-order valence-corrected chi connectivity index (χ2v) is 13.0. The lowest BCUT2D eigenvalue weighted by Gasteiger charge is -2.12. The molecular formula is C50H41N. The highest BCUT2D eigenvalue weighted by molar-refractivity contribution is 6.29. The average Bonchev–Trinajstić information content (AvgIpc) is 3.70. The molecule has 8 aromatic rings. The molecule has 0 amide bonds. The van der Waals surface area contributed by atoms with E-state index in [0.29, 0.717) is 0 Å². The van der Waals surface area contributed by atoms with Crippen molar-refractivity contribution in [3.63, 3.8) is 0 Å². The van der Waals surface area contributed by atoms with Gasteiger partial charge in [0, 0.05) is 16.5 Å². The van der Waals surface area contributed by atoms with Gasteiger partial charge in [-0.3, -0.25) is 0 Å². The molecule has 9 rings (SSSR count). The third-order valence-corrected chi connectivity index (χ3v) is 10.1. The summed E-state index contributed by atoms with van der Waals surface area (Å²) < 4.78 is 2.46. The Balaban J connectivity index is 0.00000184. The van der Waals surface area contributed by atoms with Gasteiger partial charge in [-0.05, 0) is 129 Å². The minimum atomic E-state index is 1.10. The molecule has 0 fully saturated rings. The van der Waals surface area contributed by atoms with Crippen molar-refractivity contribution in [3.8, 4) is 50.2 Å². The Labute approximate surface area is 301 Å². The monoisotopic (exact) mass is 655 g/mol. The molecule has 0 saturated heterocycles. The third kappa shape index (κ3) is 5.34. The quantitative estimate of drug-likeness (QED) is 0.157. The molecule has 0 N–H and O–H groups in total. The number of hydrogen-bond donors (Lipinski definition) is 0. The SMILES string of the molecule is C=C/C(=C\C=C/C)c1cc(-c2ccccc2)cc(-c2ccc3c(c2)c2c4cccc5c4c(cc2n3-c2ccc(C)cc2)-c2ccccc2-5)c1.CC. The molecule has 1 aliphatic rings.